The van der Waals surface area contributed by atoms with Crippen LogP contribution in [0.3, 0.4) is 0 Å². The minimum atomic E-state index is -3.14. The Kier molecular flexibility index (Phi) is 4.80. The van der Waals surface area contributed by atoms with Crippen LogP contribution in [0.5, 0.6) is 0 Å². The van der Waals surface area contributed by atoms with Gasteiger partial charge >= 0.3 is 0 Å². The van der Waals surface area contributed by atoms with E-state index in [0.29, 0.717) is 19.5 Å². The minimum Gasteiger partial charge on any atom is -0.377 e. The molecule has 1 aliphatic heterocycles. The molecule has 0 aliphatic carbocycles. The van der Waals surface area contributed by atoms with Crippen molar-refractivity contribution in [3.63, 3.8) is 0 Å². The fourth-order valence-electron chi connectivity index (χ4n) is 1.37. The lowest BCUT2D eigenvalue weighted by molar-refractivity contribution is 0.114. The van der Waals surface area contributed by atoms with Gasteiger partial charge in [-0.05, 0) is 25.8 Å². The summed E-state index contributed by atoms with van der Waals surface area (Å²) in [5, 5.41) is 0. The molecule has 1 saturated heterocycles. The summed E-state index contributed by atoms with van der Waals surface area (Å²) >= 11 is 0. The summed E-state index contributed by atoms with van der Waals surface area (Å²) in [4.78, 5) is 0. The Bertz CT molecular complexity index is 247. The second kappa shape index (κ2) is 5.65. The van der Waals surface area contributed by atoms with Gasteiger partial charge in [0.25, 0.3) is 0 Å². The van der Waals surface area contributed by atoms with Gasteiger partial charge in [-0.15, -0.1) is 0 Å². The molecule has 3 N–H and O–H groups in total. The molecule has 0 radical (unpaired) electrons. The van der Waals surface area contributed by atoms with Gasteiger partial charge in [0.1, 0.15) is 0 Å². The number of rotatable bonds is 6. The zero-order valence-corrected chi connectivity index (χ0v) is 9.05. The molecule has 1 rings (SSSR count). The van der Waals surface area contributed by atoms with Gasteiger partial charge in [-0.25, -0.2) is 13.1 Å². The van der Waals surface area contributed by atoms with Crippen LogP contribution in [-0.4, -0.2) is 40.0 Å². The van der Waals surface area contributed by atoms with Crippen molar-refractivity contribution < 1.29 is 13.2 Å². The Labute approximate surface area is 85.1 Å². The molecule has 1 heterocycles. The predicted molar refractivity (Wildman–Crippen MR) is 54.4 cm³/mol. The van der Waals surface area contributed by atoms with Gasteiger partial charge in [-0.2, -0.15) is 0 Å². The zero-order chi connectivity index (χ0) is 10.4. The first kappa shape index (κ1) is 11.9. The van der Waals surface area contributed by atoms with Crippen LogP contribution in [0.2, 0.25) is 0 Å². The van der Waals surface area contributed by atoms with E-state index >= 15 is 0 Å². The van der Waals surface area contributed by atoms with Crippen molar-refractivity contribution in [2.75, 3.05) is 25.4 Å². The monoisotopic (exact) mass is 222 g/mol. The normalized spacial score (nSPS) is 22.8. The highest BCUT2D eigenvalue weighted by Crippen LogP contribution is 2.10. The summed E-state index contributed by atoms with van der Waals surface area (Å²) in [6.07, 6.45) is 2.53. The maximum absolute atomic E-state index is 11.3. The molecule has 0 spiro atoms. The number of hydrogen-bond donors (Lipinski definition) is 2. The van der Waals surface area contributed by atoms with Crippen LogP contribution < -0.4 is 10.5 Å². The Morgan fingerprint density at radius 1 is 1.50 bits per heavy atom. The molecule has 0 aromatic heterocycles. The zero-order valence-electron chi connectivity index (χ0n) is 8.24. The lowest BCUT2D eigenvalue weighted by atomic mass is 10.2. The topological polar surface area (TPSA) is 81.4 Å². The quantitative estimate of drug-likeness (QED) is 0.631. The molecule has 14 heavy (non-hydrogen) atoms. The van der Waals surface area contributed by atoms with Crippen molar-refractivity contribution in [2.45, 2.75) is 25.4 Å². The lowest BCUT2D eigenvalue weighted by Gasteiger charge is -2.10. The molecule has 0 amide bonds. The van der Waals surface area contributed by atoms with Gasteiger partial charge in [0.05, 0.1) is 11.9 Å². The van der Waals surface area contributed by atoms with E-state index in [1.165, 1.54) is 0 Å². The molecule has 5 nitrogen and oxygen atoms in total. The third kappa shape index (κ3) is 4.36. The van der Waals surface area contributed by atoms with Crippen LogP contribution in [0.4, 0.5) is 0 Å². The van der Waals surface area contributed by atoms with Crippen molar-refractivity contribution >= 4 is 10.0 Å². The molecule has 0 saturated carbocycles. The van der Waals surface area contributed by atoms with E-state index in [4.69, 9.17) is 10.5 Å². The van der Waals surface area contributed by atoms with Gasteiger partial charge in [-0.1, -0.05) is 0 Å². The molecule has 84 valence electrons. The summed E-state index contributed by atoms with van der Waals surface area (Å²) in [5.74, 6) is 0.107. The Balaban J connectivity index is 2.21. The maximum Gasteiger partial charge on any atom is 0.211 e. The molecular weight excluding hydrogens is 204 g/mol. The molecule has 0 bridgehead atoms. The average Bonchev–Trinajstić information content (AvgIpc) is 2.64. The third-order valence-electron chi connectivity index (χ3n) is 2.17. The van der Waals surface area contributed by atoms with Crippen LogP contribution in [-0.2, 0) is 14.8 Å². The van der Waals surface area contributed by atoms with E-state index in [2.05, 4.69) is 4.72 Å². The molecular formula is C8H18N2O3S. The van der Waals surface area contributed by atoms with E-state index in [0.717, 1.165) is 19.4 Å². The Hall–Kier alpha value is -0.170. The maximum atomic E-state index is 11.3. The Morgan fingerprint density at radius 2 is 2.29 bits per heavy atom. The smallest absolute Gasteiger partial charge is 0.211 e. The highest BCUT2D eigenvalue weighted by Gasteiger charge is 2.18. The average molecular weight is 222 g/mol. The second-order valence-corrected chi connectivity index (χ2v) is 5.37. The van der Waals surface area contributed by atoms with Crippen molar-refractivity contribution in [1.29, 1.82) is 0 Å². The lowest BCUT2D eigenvalue weighted by Crippen LogP contribution is -2.33. The standard InChI is InChI=1S/C8H18N2O3S/c9-4-2-6-14(11,12)10-7-8-3-1-5-13-8/h8,10H,1-7,9H2. The second-order valence-electron chi connectivity index (χ2n) is 3.44. The predicted octanol–water partition coefficient (Wildman–Crippen LogP) is -0.566. The van der Waals surface area contributed by atoms with Gasteiger partial charge < -0.3 is 10.5 Å². The van der Waals surface area contributed by atoms with Crippen molar-refractivity contribution in [3.8, 4) is 0 Å². The van der Waals surface area contributed by atoms with E-state index in [1.54, 1.807) is 0 Å². The molecule has 6 heteroatoms. The number of nitrogens with one attached hydrogen (secondary N) is 1. The van der Waals surface area contributed by atoms with Crippen molar-refractivity contribution in [3.05, 3.63) is 0 Å². The van der Waals surface area contributed by atoms with Crippen LogP contribution in [0, 0.1) is 0 Å². The van der Waals surface area contributed by atoms with Crippen LogP contribution in [0.1, 0.15) is 19.3 Å². The Morgan fingerprint density at radius 3 is 2.86 bits per heavy atom. The SMILES string of the molecule is NCCCS(=O)(=O)NCC1CCCO1. The van der Waals surface area contributed by atoms with Crippen LogP contribution >= 0.6 is 0 Å². The fraction of sp³-hybridized carbons (Fsp3) is 1.00. The molecule has 1 fully saturated rings. The van der Waals surface area contributed by atoms with E-state index in [1.807, 2.05) is 0 Å². The summed E-state index contributed by atoms with van der Waals surface area (Å²) in [6, 6.07) is 0. The van der Waals surface area contributed by atoms with Crippen LogP contribution in [0.25, 0.3) is 0 Å². The summed E-state index contributed by atoms with van der Waals surface area (Å²) in [6.45, 7) is 1.54. The molecule has 0 aromatic carbocycles. The van der Waals surface area contributed by atoms with E-state index in [-0.39, 0.29) is 11.9 Å². The van der Waals surface area contributed by atoms with Gasteiger partial charge in [0, 0.05) is 13.2 Å². The summed E-state index contributed by atoms with van der Waals surface area (Å²) in [7, 11) is -3.14. The van der Waals surface area contributed by atoms with Gasteiger partial charge in [0.15, 0.2) is 0 Å². The third-order valence-corrected chi connectivity index (χ3v) is 3.60. The first-order valence-corrected chi connectivity index (χ1v) is 6.58. The van der Waals surface area contributed by atoms with Crippen molar-refractivity contribution in [2.24, 2.45) is 5.73 Å². The fourth-order valence-corrected chi connectivity index (χ4v) is 2.50. The minimum absolute atomic E-state index is 0.0580. The van der Waals surface area contributed by atoms with Gasteiger partial charge in [-0.3, -0.25) is 0 Å². The molecule has 1 aliphatic rings. The first-order chi connectivity index (χ1) is 6.64. The van der Waals surface area contributed by atoms with E-state index in [9.17, 15) is 8.42 Å². The molecule has 1 atom stereocenters. The number of ether oxygens (including phenoxy) is 1. The highest BCUT2D eigenvalue weighted by atomic mass is 32.2. The van der Waals surface area contributed by atoms with Crippen LogP contribution in [0.15, 0.2) is 0 Å². The number of sulfonamides is 1. The van der Waals surface area contributed by atoms with E-state index < -0.39 is 10.0 Å². The molecule has 0 aromatic rings. The van der Waals surface area contributed by atoms with Crippen molar-refractivity contribution in [1.82, 2.24) is 4.72 Å². The molecule has 1 unspecified atom stereocenters. The number of nitrogens with two attached hydrogens (primary N) is 1. The largest absolute Gasteiger partial charge is 0.377 e. The van der Waals surface area contributed by atoms with Gasteiger partial charge in [0.2, 0.25) is 10.0 Å². The highest BCUT2D eigenvalue weighted by molar-refractivity contribution is 7.89. The summed E-state index contributed by atoms with van der Waals surface area (Å²) in [5.41, 5.74) is 5.24. The summed E-state index contributed by atoms with van der Waals surface area (Å²) < 4.78 is 30.5. The number of hydrogen-bond acceptors (Lipinski definition) is 4. The first-order valence-electron chi connectivity index (χ1n) is 4.93.